The van der Waals surface area contributed by atoms with Crippen LogP contribution >= 0.6 is 34.8 Å². The Hall–Kier alpha value is -2.06. The molecule has 6 nitrogen and oxygen atoms in total. The van der Waals surface area contributed by atoms with E-state index in [-0.39, 0.29) is 15.7 Å². The SMILES string of the molecule is Cc1ccccc1S(=O)(=O)NC(=O)c1nc(C)n(-c2cc(Cl)cc(Cl)c2)c1Cl. The Bertz CT molecular complexity index is 1170. The normalized spacial score (nSPS) is 11.5. The molecular weight excluding hydrogens is 445 g/mol. The minimum Gasteiger partial charge on any atom is -0.287 e. The largest absolute Gasteiger partial charge is 0.287 e. The molecule has 0 bridgehead atoms. The van der Waals surface area contributed by atoms with Crippen molar-refractivity contribution in [3.63, 3.8) is 0 Å². The van der Waals surface area contributed by atoms with Crippen molar-refractivity contribution in [3.05, 3.63) is 74.7 Å². The molecule has 0 atom stereocenters. The zero-order valence-electron chi connectivity index (χ0n) is 14.7. The van der Waals surface area contributed by atoms with Crippen LogP contribution < -0.4 is 4.72 Å². The predicted molar refractivity (Wildman–Crippen MR) is 109 cm³/mol. The smallest absolute Gasteiger partial charge is 0.286 e. The summed E-state index contributed by atoms with van der Waals surface area (Å²) in [6.07, 6.45) is 0. The van der Waals surface area contributed by atoms with Gasteiger partial charge in [0, 0.05) is 10.0 Å². The van der Waals surface area contributed by atoms with Crippen molar-refractivity contribution >= 4 is 50.7 Å². The highest BCUT2D eigenvalue weighted by Crippen LogP contribution is 2.28. The monoisotopic (exact) mass is 457 g/mol. The molecule has 0 fully saturated rings. The van der Waals surface area contributed by atoms with Crippen LogP contribution in [0.5, 0.6) is 0 Å². The fourth-order valence-corrected chi connectivity index (χ4v) is 4.77. The number of nitrogens with zero attached hydrogens (tertiary/aromatic N) is 2. The number of aryl methyl sites for hydroxylation is 2. The maximum atomic E-state index is 12.6. The van der Waals surface area contributed by atoms with Crippen LogP contribution in [0.4, 0.5) is 0 Å². The second-order valence-corrected chi connectivity index (χ2v) is 8.84. The van der Waals surface area contributed by atoms with Crippen molar-refractivity contribution in [2.24, 2.45) is 0 Å². The predicted octanol–water partition coefficient (Wildman–Crippen LogP) is 4.57. The first-order valence-electron chi connectivity index (χ1n) is 7.94. The van der Waals surface area contributed by atoms with Gasteiger partial charge in [-0.1, -0.05) is 53.0 Å². The standard InChI is InChI=1S/C18H14Cl3N3O3S/c1-10-5-3-4-6-15(10)28(26,27)23-18(25)16-17(21)24(11(2)22-16)14-8-12(19)7-13(20)9-14/h3-9H,1-2H3,(H,23,25). The highest BCUT2D eigenvalue weighted by Gasteiger charge is 2.26. The van der Waals surface area contributed by atoms with Crippen LogP contribution in [0.15, 0.2) is 47.4 Å². The maximum absolute atomic E-state index is 12.6. The third-order valence-corrected chi connectivity index (χ3v) is 6.20. The number of halogens is 3. The molecule has 1 aromatic heterocycles. The molecule has 1 amide bonds. The summed E-state index contributed by atoms with van der Waals surface area (Å²) in [6, 6.07) is 11.1. The Morgan fingerprint density at radius 1 is 1.04 bits per heavy atom. The molecule has 0 saturated carbocycles. The number of nitrogens with one attached hydrogen (secondary N) is 1. The molecule has 146 valence electrons. The molecule has 0 unspecified atom stereocenters. The van der Waals surface area contributed by atoms with E-state index in [1.54, 1.807) is 50.2 Å². The van der Waals surface area contributed by atoms with Gasteiger partial charge >= 0.3 is 0 Å². The molecule has 0 aliphatic rings. The van der Waals surface area contributed by atoms with Gasteiger partial charge < -0.3 is 0 Å². The van der Waals surface area contributed by atoms with E-state index >= 15 is 0 Å². The molecule has 10 heteroatoms. The number of sulfonamides is 1. The van der Waals surface area contributed by atoms with Gasteiger partial charge in [0.1, 0.15) is 11.0 Å². The lowest BCUT2D eigenvalue weighted by Crippen LogP contribution is -2.31. The third-order valence-electron chi connectivity index (χ3n) is 3.92. The first-order chi connectivity index (χ1) is 13.1. The number of aromatic nitrogens is 2. The van der Waals surface area contributed by atoms with E-state index in [2.05, 4.69) is 4.98 Å². The summed E-state index contributed by atoms with van der Waals surface area (Å²) in [7, 11) is -4.09. The minimum atomic E-state index is -4.09. The molecule has 2 aromatic carbocycles. The summed E-state index contributed by atoms with van der Waals surface area (Å²) in [6.45, 7) is 3.25. The van der Waals surface area contributed by atoms with E-state index in [9.17, 15) is 13.2 Å². The zero-order chi connectivity index (χ0) is 20.6. The van der Waals surface area contributed by atoms with Crippen molar-refractivity contribution < 1.29 is 13.2 Å². The van der Waals surface area contributed by atoms with Crippen molar-refractivity contribution in [2.45, 2.75) is 18.7 Å². The van der Waals surface area contributed by atoms with E-state index in [1.165, 1.54) is 10.6 Å². The molecule has 1 N–H and O–H groups in total. The summed E-state index contributed by atoms with van der Waals surface area (Å²) in [5.74, 6) is -0.579. The number of carbonyl (C=O) groups is 1. The van der Waals surface area contributed by atoms with Crippen LogP contribution in [0.2, 0.25) is 15.2 Å². The molecule has 1 heterocycles. The van der Waals surface area contributed by atoms with Gasteiger partial charge in [0.25, 0.3) is 15.9 Å². The molecule has 3 aromatic rings. The van der Waals surface area contributed by atoms with Gasteiger partial charge in [0.05, 0.1) is 10.6 Å². The summed E-state index contributed by atoms with van der Waals surface area (Å²) in [5.41, 5.74) is 0.768. The highest BCUT2D eigenvalue weighted by atomic mass is 35.5. The van der Waals surface area contributed by atoms with E-state index in [4.69, 9.17) is 34.8 Å². The van der Waals surface area contributed by atoms with Gasteiger partial charge in [-0.25, -0.2) is 18.1 Å². The van der Waals surface area contributed by atoms with Gasteiger partial charge in [-0.3, -0.25) is 9.36 Å². The molecule has 28 heavy (non-hydrogen) atoms. The Labute approximate surface area is 177 Å². The second-order valence-electron chi connectivity index (χ2n) is 5.96. The number of imidazole rings is 1. The number of rotatable bonds is 4. The molecule has 0 aliphatic heterocycles. The zero-order valence-corrected chi connectivity index (χ0v) is 17.8. The average Bonchev–Trinajstić information content (AvgIpc) is 2.88. The second kappa shape index (κ2) is 7.75. The lowest BCUT2D eigenvalue weighted by atomic mass is 10.2. The lowest BCUT2D eigenvalue weighted by molar-refractivity contribution is 0.0977. The molecule has 0 saturated heterocycles. The van der Waals surface area contributed by atoms with Crippen molar-refractivity contribution in [1.82, 2.24) is 14.3 Å². The van der Waals surface area contributed by atoms with Gasteiger partial charge in [0.15, 0.2) is 5.69 Å². The van der Waals surface area contributed by atoms with Crippen molar-refractivity contribution in [2.75, 3.05) is 0 Å². The number of carbonyl (C=O) groups excluding carboxylic acids is 1. The summed E-state index contributed by atoms with van der Waals surface area (Å²) in [5, 5.41) is 0.688. The lowest BCUT2D eigenvalue weighted by Gasteiger charge is -2.09. The number of hydrogen-bond acceptors (Lipinski definition) is 4. The summed E-state index contributed by atoms with van der Waals surface area (Å²) in [4.78, 5) is 16.7. The maximum Gasteiger partial charge on any atom is 0.286 e. The van der Waals surface area contributed by atoms with Gasteiger partial charge in [-0.15, -0.1) is 0 Å². The minimum absolute atomic E-state index is 0.00255. The molecule has 3 rings (SSSR count). The van der Waals surface area contributed by atoms with Crippen LogP contribution in [0.3, 0.4) is 0 Å². The van der Waals surface area contributed by atoms with Gasteiger partial charge in [-0.2, -0.15) is 0 Å². The van der Waals surface area contributed by atoms with Crippen LogP contribution in [0.1, 0.15) is 21.9 Å². The molecular formula is C18H14Cl3N3O3S. The van der Waals surface area contributed by atoms with Gasteiger partial charge in [-0.05, 0) is 43.7 Å². The van der Waals surface area contributed by atoms with E-state index in [0.717, 1.165) is 0 Å². The van der Waals surface area contributed by atoms with Crippen molar-refractivity contribution in [3.8, 4) is 5.69 Å². The first-order valence-corrected chi connectivity index (χ1v) is 10.6. The fraction of sp³-hybridized carbons (Fsp3) is 0.111. The van der Waals surface area contributed by atoms with Gasteiger partial charge in [0.2, 0.25) is 0 Å². The molecule has 0 radical (unpaired) electrons. The number of hydrogen-bond donors (Lipinski definition) is 1. The molecule has 0 aliphatic carbocycles. The van der Waals surface area contributed by atoms with Crippen LogP contribution in [-0.4, -0.2) is 23.9 Å². The highest BCUT2D eigenvalue weighted by molar-refractivity contribution is 7.90. The first kappa shape index (κ1) is 20.7. The van der Waals surface area contributed by atoms with Crippen LogP contribution in [0.25, 0.3) is 5.69 Å². The Balaban J connectivity index is 1.99. The third kappa shape index (κ3) is 4.03. The van der Waals surface area contributed by atoms with E-state index < -0.39 is 15.9 Å². The number of amides is 1. The Morgan fingerprint density at radius 2 is 1.64 bits per heavy atom. The summed E-state index contributed by atoms with van der Waals surface area (Å²) >= 11 is 18.4. The fourth-order valence-electron chi connectivity index (χ4n) is 2.70. The van der Waals surface area contributed by atoms with Crippen LogP contribution in [0, 0.1) is 13.8 Å². The Kier molecular flexibility index (Phi) is 5.72. The van der Waals surface area contributed by atoms with E-state index in [1.807, 2.05) is 4.72 Å². The average molecular weight is 459 g/mol. The quantitative estimate of drug-likeness (QED) is 0.621. The molecule has 0 spiro atoms. The topological polar surface area (TPSA) is 81.1 Å². The Morgan fingerprint density at radius 3 is 2.25 bits per heavy atom. The van der Waals surface area contributed by atoms with Crippen LogP contribution in [-0.2, 0) is 10.0 Å². The summed E-state index contributed by atoms with van der Waals surface area (Å²) < 4.78 is 28.6. The number of benzene rings is 2. The van der Waals surface area contributed by atoms with Crippen molar-refractivity contribution in [1.29, 1.82) is 0 Å². The van der Waals surface area contributed by atoms with E-state index in [0.29, 0.717) is 27.1 Å².